The number of primary amides is 1. The van der Waals surface area contributed by atoms with Crippen LogP contribution in [0.1, 0.15) is 16.1 Å². The maximum atomic E-state index is 12.1. The van der Waals surface area contributed by atoms with Crippen LogP contribution in [0.2, 0.25) is 5.02 Å². The molecule has 2 aromatic carbocycles. The molecule has 0 aliphatic heterocycles. The average molecular weight is 385 g/mol. The lowest BCUT2D eigenvalue weighted by Crippen LogP contribution is -2.20. The van der Waals surface area contributed by atoms with E-state index in [9.17, 15) is 9.59 Å². The Morgan fingerprint density at radius 2 is 1.93 bits per heavy atom. The zero-order valence-electron chi connectivity index (χ0n) is 14.5. The summed E-state index contributed by atoms with van der Waals surface area (Å²) in [5, 5.41) is 7.44. The van der Waals surface area contributed by atoms with Crippen molar-refractivity contribution in [3.63, 3.8) is 0 Å². The lowest BCUT2D eigenvalue weighted by Gasteiger charge is -2.10. The molecule has 0 saturated carbocycles. The predicted octanol–water partition coefficient (Wildman–Crippen LogP) is 2.95. The number of carbonyl (C=O) groups is 2. The second kappa shape index (κ2) is 7.92. The number of nitrogens with one attached hydrogen (secondary N) is 1. The number of ether oxygens (including phenoxy) is 1. The number of rotatable bonds is 6. The first-order valence-electron chi connectivity index (χ1n) is 8.07. The maximum Gasteiger partial charge on any atom is 0.269 e. The van der Waals surface area contributed by atoms with Gasteiger partial charge in [0.1, 0.15) is 11.4 Å². The van der Waals surface area contributed by atoms with Crippen LogP contribution in [0.3, 0.4) is 0 Å². The fourth-order valence-corrected chi connectivity index (χ4v) is 2.64. The summed E-state index contributed by atoms with van der Waals surface area (Å²) in [6, 6.07) is 13.7. The molecule has 3 rings (SSSR count). The van der Waals surface area contributed by atoms with Gasteiger partial charge in [-0.3, -0.25) is 9.59 Å². The minimum Gasteiger partial charge on any atom is -0.483 e. The molecule has 138 valence electrons. The van der Waals surface area contributed by atoms with Gasteiger partial charge in [-0.1, -0.05) is 11.6 Å². The van der Waals surface area contributed by atoms with Crippen LogP contribution in [0.25, 0.3) is 5.69 Å². The molecule has 27 heavy (non-hydrogen) atoms. The quantitative estimate of drug-likeness (QED) is 0.682. The monoisotopic (exact) mass is 384 g/mol. The Balaban J connectivity index is 1.58. The van der Waals surface area contributed by atoms with Crippen molar-refractivity contribution in [3.05, 3.63) is 71.0 Å². The van der Waals surface area contributed by atoms with E-state index in [1.165, 1.54) is 10.7 Å². The molecule has 0 saturated heterocycles. The molecular formula is C19H17ClN4O3. The molecule has 2 amide bonds. The predicted molar refractivity (Wildman–Crippen MR) is 102 cm³/mol. The number of aryl methyl sites for hydroxylation is 1. The summed E-state index contributed by atoms with van der Waals surface area (Å²) in [6.07, 6.45) is 1.63. The summed E-state index contributed by atoms with van der Waals surface area (Å²) < 4.78 is 7.04. The molecule has 0 bridgehead atoms. The minimum absolute atomic E-state index is 0.120. The third kappa shape index (κ3) is 4.65. The zero-order chi connectivity index (χ0) is 19.4. The first-order valence-corrected chi connectivity index (χ1v) is 8.45. The molecule has 0 unspecified atom stereocenters. The molecule has 3 N–H and O–H groups in total. The van der Waals surface area contributed by atoms with Crippen molar-refractivity contribution in [2.75, 3.05) is 11.9 Å². The van der Waals surface area contributed by atoms with Gasteiger partial charge in [0.15, 0.2) is 6.61 Å². The van der Waals surface area contributed by atoms with Crippen LogP contribution in [-0.2, 0) is 4.79 Å². The summed E-state index contributed by atoms with van der Waals surface area (Å²) in [5.41, 5.74) is 7.57. The molecule has 0 aliphatic carbocycles. The standard InChI is InChI=1S/C19H17ClN4O3/c1-12-10-13(20)2-7-17(12)27-11-18(25)22-14-3-5-15(6-4-14)24-9-8-16(23-24)19(21)26/h2-10H,11H2,1H3,(H2,21,26)(H,22,25). The number of nitrogens with zero attached hydrogens (tertiary/aromatic N) is 2. The van der Waals surface area contributed by atoms with E-state index in [4.69, 9.17) is 22.1 Å². The van der Waals surface area contributed by atoms with Crippen LogP contribution in [-0.4, -0.2) is 28.2 Å². The highest BCUT2D eigenvalue weighted by Crippen LogP contribution is 2.21. The topological polar surface area (TPSA) is 99.2 Å². The van der Waals surface area contributed by atoms with Gasteiger partial charge in [0, 0.05) is 16.9 Å². The van der Waals surface area contributed by atoms with Crippen LogP contribution in [0.4, 0.5) is 5.69 Å². The highest BCUT2D eigenvalue weighted by Gasteiger charge is 2.08. The first-order chi connectivity index (χ1) is 12.9. The Hall–Kier alpha value is -3.32. The zero-order valence-corrected chi connectivity index (χ0v) is 15.2. The number of carbonyl (C=O) groups excluding carboxylic acids is 2. The second-order valence-corrected chi connectivity index (χ2v) is 6.24. The van der Waals surface area contributed by atoms with Crippen molar-refractivity contribution >= 4 is 29.1 Å². The van der Waals surface area contributed by atoms with E-state index < -0.39 is 5.91 Å². The Kier molecular flexibility index (Phi) is 5.42. The van der Waals surface area contributed by atoms with Crippen LogP contribution in [0.5, 0.6) is 5.75 Å². The van der Waals surface area contributed by atoms with Gasteiger partial charge in [-0.15, -0.1) is 0 Å². The summed E-state index contributed by atoms with van der Waals surface area (Å²) in [7, 11) is 0. The molecule has 8 heteroatoms. The van der Waals surface area contributed by atoms with Gasteiger partial charge in [-0.25, -0.2) is 4.68 Å². The van der Waals surface area contributed by atoms with E-state index in [0.717, 1.165) is 11.3 Å². The largest absolute Gasteiger partial charge is 0.483 e. The number of hydrogen-bond acceptors (Lipinski definition) is 4. The van der Waals surface area contributed by atoms with E-state index in [2.05, 4.69) is 10.4 Å². The molecule has 7 nitrogen and oxygen atoms in total. The number of anilines is 1. The van der Waals surface area contributed by atoms with Gasteiger partial charge in [0.2, 0.25) is 0 Å². The summed E-state index contributed by atoms with van der Waals surface area (Å²) >= 11 is 5.90. The minimum atomic E-state index is -0.589. The number of nitrogens with two attached hydrogens (primary N) is 1. The Labute approximate surface area is 160 Å². The molecule has 0 spiro atoms. The Morgan fingerprint density at radius 1 is 1.19 bits per heavy atom. The van der Waals surface area contributed by atoms with Crippen molar-refractivity contribution in [2.45, 2.75) is 6.92 Å². The second-order valence-electron chi connectivity index (χ2n) is 5.80. The average Bonchev–Trinajstić information content (AvgIpc) is 3.12. The maximum absolute atomic E-state index is 12.1. The highest BCUT2D eigenvalue weighted by atomic mass is 35.5. The van der Waals surface area contributed by atoms with Gasteiger partial charge < -0.3 is 15.8 Å². The number of hydrogen-bond donors (Lipinski definition) is 2. The normalized spacial score (nSPS) is 10.4. The third-order valence-electron chi connectivity index (χ3n) is 3.75. The van der Waals surface area contributed by atoms with Crippen molar-refractivity contribution in [2.24, 2.45) is 5.73 Å². The highest BCUT2D eigenvalue weighted by molar-refractivity contribution is 6.30. The molecule has 3 aromatic rings. The smallest absolute Gasteiger partial charge is 0.269 e. The molecule has 1 heterocycles. The number of aromatic nitrogens is 2. The lowest BCUT2D eigenvalue weighted by atomic mass is 10.2. The third-order valence-corrected chi connectivity index (χ3v) is 3.99. The van der Waals surface area contributed by atoms with E-state index in [1.807, 2.05) is 6.92 Å². The summed E-state index contributed by atoms with van der Waals surface area (Å²) in [4.78, 5) is 23.2. The summed E-state index contributed by atoms with van der Waals surface area (Å²) in [6.45, 7) is 1.74. The lowest BCUT2D eigenvalue weighted by molar-refractivity contribution is -0.118. The fourth-order valence-electron chi connectivity index (χ4n) is 2.41. The van der Waals surface area contributed by atoms with Gasteiger partial charge >= 0.3 is 0 Å². The van der Waals surface area contributed by atoms with Crippen LogP contribution in [0.15, 0.2) is 54.7 Å². The van der Waals surface area contributed by atoms with E-state index in [-0.39, 0.29) is 18.2 Å². The Morgan fingerprint density at radius 3 is 2.56 bits per heavy atom. The van der Waals surface area contributed by atoms with Crippen molar-refractivity contribution in [1.82, 2.24) is 9.78 Å². The molecule has 1 aromatic heterocycles. The van der Waals surface area contributed by atoms with Gasteiger partial charge in [-0.05, 0) is 61.0 Å². The van der Waals surface area contributed by atoms with Crippen LogP contribution >= 0.6 is 11.6 Å². The van der Waals surface area contributed by atoms with Crippen LogP contribution < -0.4 is 15.8 Å². The van der Waals surface area contributed by atoms with E-state index in [1.54, 1.807) is 48.7 Å². The molecule has 0 radical (unpaired) electrons. The van der Waals surface area contributed by atoms with E-state index in [0.29, 0.717) is 16.5 Å². The molecule has 0 fully saturated rings. The molecule has 0 aliphatic rings. The number of halogens is 1. The number of amides is 2. The fraction of sp³-hybridized carbons (Fsp3) is 0.105. The van der Waals surface area contributed by atoms with Gasteiger partial charge in [0.25, 0.3) is 11.8 Å². The van der Waals surface area contributed by atoms with Gasteiger partial charge in [0.05, 0.1) is 5.69 Å². The number of benzene rings is 2. The van der Waals surface area contributed by atoms with Crippen molar-refractivity contribution in [3.8, 4) is 11.4 Å². The van der Waals surface area contributed by atoms with Crippen molar-refractivity contribution in [1.29, 1.82) is 0 Å². The van der Waals surface area contributed by atoms with Gasteiger partial charge in [-0.2, -0.15) is 5.10 Å². The SMILES string of the molecule is Cc1cc(Cl)ccc1OCC(=O)Nc1ccc(-n2ccc(C(N)=O)n2)cc1. The van der Waals surface area contributed by atoms with Crippen LogP contribution in [0, 0.1) is 6.92 Å². The van der Waals surface area contributed by atoms with E-state index >= 15 is 0 Å². The molecule has 0 atom stereocenters. The Bertz CT molecular complexity index is 983. The summed E-state index contributed by atoms with van der Waals surface area (Å²) in [5.74, 6) is -0.269. The molecular weight excluding hydrogens is 368 g/mol. The first kappa shape index (κ1) is 18.5. The van der Waals surface area contributed by atoms with Crippen molar-refractivity contribution < 1.29 is 14.3 Å².